The third-order valence-electron chi connectivity index (χ3n) is 3.49. The highest BCUT2D eigenvalue weighted by Gasteiger charge is 2.08. The van der Waals surface area contributed by atoms with E-state index in [0.29, 0.717) is 6.54 Å². The molecular weight excluding hydrogens is 423 g/mol. The minimum Gasteiger partial charge on any atom is -0.351 e. The van der Waals surface area contributed by atoms with Crippen LogP contribution in [0.5, 0.6) is 0 Å². The molecule has 0 aliphatic rings. The molecule has 4 nitrogen and oxygen atoms in total. The molecule has 1 aromatic carbocycles. The number of halogens is 2. The Morgan fingerprint density at radius 1 is 1.26 bits per heavy atom. The number of rotatable bonds is 4. The van der Waals surface area contributed by atoms with Gasteiger partial charge >= 0.3 is 0 Å². The Kier molecular flexibility index (Phi) is 8.33. The number of hydrogen-bond acceptors (Lipinski definition) is 2. The van der Waals surface area contributed by atoms with E-state index in [1.54, 1.807) is 13.2 Å². The van der Waals surface area contributed by atoms with Crippen molar-refractivity contribution in [1.29, 1.82) is 0 Å². The summed E-state index contributed by atoms with van der Waals surface area (Å²) in [6, 6.07) is 11.9. The molecular formula is C17H22ClIN4. The average molecular weight is 445 g/mol. The summed E-state index contributed by atoms with van der Waals surface area (Å²) in [5.41, 5.74) is 3.34. The average Bonchev–Trinajstić information content (AvgIpc) is 2.53. The van der Waals surface area contributed by atoms with E-state index in [-0.39, 0.29) is 30.0 Å². The minimum absolute atomic E-state index is 0. The molecule has 2 N–H and O–H groups in total. The lowest BCUT2D eigenvalue weighted by atomic mass is 10.1. The van der Waals surface area contributed by atoms with E-state index in [0.717, 1.165) is 27.8 Å². The Morgan fingerprint density at radius 3 is 2.57 bits per heavy atom. The zero-order valence-corrected chi connectivity index (χ0v) is 16.6. The Bertz CT molecular complexity index is 643. The van der Waals surface area contributed by atoms with Crippen molar-refractivity contribution in [2.75, 3.05) is 7.05 Å². The summed E-state index contributed by atoms with van der Waals surface area (Å²) in [6.45, 7) is 4.78. The van der Waals surface area contributed by atoms with Crippen molar-refractivity contribution < 1.29 is 0 Å². The Hall–Kier alpha value is -1.34. The second-order valence-electron chi connectivity index (χ2n) is 5.11. The molecule has 0 aliphatic carbocycles. The standard InChI is InChI=1S/C17H21ClN4.HI/c1-12-5-4-10-20-16(12)11-21-17(19-3)22-13(2)14-6-8-15(18)9-7-14;/h4-10,13H,11H2,1-3H3,(H2,19,21,22);1H. The van der Waals surface area contributed by atoms with Gasteiger partial charge in [-0.25, -0.2) is 0 Å². The van der Waals surface area contributed by atoms with Crippen LogP contribution in [0.2, 0.25) is 5.02 Å². The van der Waals surface area contributed by atoms with E-state index in [1.165, 1.54) is 0 Å². The summed E-state index contributed by atoms with van der Waals surface area (Å²) in [6.07, 6.45) is 1.80. The molecule has 0 radical (unpaired) electrons. The number of nitrogens with one attached hydrogen (secondary N) is 2. The third kappa shape index (κ3) is 5.99. The SMILES string of the molecule is CN=C(NCc1ncccc1C)NC(C)c1ccc(Cl)cc1.I. The highest BCUT2D eigenvalue weighted by Crippen LogP contribution is 2.15. The number of aryl methyl sites for hydroxylation is 1. The molecule has 6 heteroatoms. The van der Waals surface area contributed by atoms with Crippen LogP contribution in [-0.2, 0) is 6.54 Å². The number of nitrogens with zero attached hydrogens (tertiary/aromatic N) is 2. The maximum Gasteiger partial charge on any atom is 0.191 e. The summed E-state index contributed by atoms with van der Waals surface area (Å²) in [5, 5.41) is 7.39. The van der Waals surface area contributed by atoms with E-state index in [9.17, 15) is 0 Å². The van der Waals surface area contributed by atoms with E-state index in [1.807, 2.05) is 30.3 Å². The van der Waals surface area contributed by atoms with E-state index in [4.69, 9.17) is 11.6 Å². The van der Waals surface area contributed by atoms with Gasteiger partial charge in [0, 0.05) is 18.3 Å². The van der Waals surface area contributed by atoms with Gasteiger partial charge in [-0.15, -0.1) is 24.0 Å². The van der Waals surface area contributed by atoms with Crippen molar-refractivity contribution in [3.05, 3.63) is 64.4 Å². The molecule has 23 heavy (non-hydrogen) atoms. The van der Waals surface area contributed by atoms with Crippen molar-refractivity contribution in [2.24, 2.45) is 4.99 Å². The molecule has 0 saturated carbocycles. The molecule has 0 saturated heterocycles. The van der Waals surface area contributed by atoms with Crippen molar-refractivity contribution in [3.8, 4) is 0 Å². The fraction of sp³-hybridized carbons (Fsp3) is 0.294. The number of aromatic nitrogens is 1. The van der Waals surface area contributed by atoms with Gasteiger partial charge in [0.1, 0.15) is 0 Å². The molecule has 0 spiro atoms. The fourth-order valence-corrected chi connectivity index (χ4v) is 2.23. The quantitative estimate of drug-likeness (QED) is 0.424. The van der Waals surface area contributed by atoms with Gasteiger partial charge in [-0.05, 0) is 43.2 Å². The van der Waals surface area contributed by atoms with Gasteiger partial charge in [0.25, 0.3) is 0 Å². The van der Waals surface area contributed by atoms with Crippen LogP contribution in [0.4, 0.5) is 0 Å². The predicted octanol–water partition coefficient (Wildman–Crippen LogP) is 4.09. The van der Waals surface area contributed by atoms with E-state index in [2.05, 4.69) is 40.5 Å². The van der Waals surface area contributed by atoms with Crippen molar-refractivity contribution in [3.63, 3.8) is 0 Å². The van der Waals surface area contributed by atoms with Gasteiger partial charge in [-0.2, -0.15) is 0 Å². The van der Waals surface area contributed by atoms with Gasteiger partial charge in [0.2, 0.25) is 0 Å². The summed E-state index contributed by atoms with van der Waals surface area (Å²) in [7, 11) is 1.76. The van der Waals surface area contributed by atoms with Crippen LogP contribution >= 0.6 is 35.6 Å². The Balaban J connectivity index is 0.00000264. The van der Waals surface area contributed by atoms with Gasteiger partial charge in [0.15, 0.2) is 5.96 Å². The number of pyridine rings is 1. The van der Waals surface area contributed by atoms with Crippen molar-refractivity contribution in [2.45, 2.75) is 26.4 Å². The Morgan fingerprint density at radius 2 is 1.96 bits per heavy atom. The van der Waals surface area contributed by atoms with Crippen LogP contribution < -0.4 is 10.6 Å². The lowest BCUT2D eigenvalue weighted by Gasteiger charge is -2.18. The van der Waals surface area contributed by atoms with E-state index >= 15 is 0 Å². The number of guanidine groups is 1. The molecule has 0 bridgehead atoms. The maximum absolute atomic E-state index is 5.92. The third-order valence-corrected chi connectivity index (χ3v) is 3.74. The molecule has 1 atom stereocenters. The second kappa shape index (κ2) is 9.72. The monoisotopic (exact) mass is 444 g/mol. The maximum atomic E-state index is 5.92. The highest BCUT2D eigenvalue weighted by molar-refractivity contribution is 14.0. The summed E-state index contributed by atoms with van der Waals surface area (Å²) >= 11 is 5.92. The molecule has 2 aromatic rings. The largest absolute Gasteiger partial charge is 0.351 e. The molecule has 1 unspecified atom stereocenters. The number of aliphatic imine (C=N–C) groups is 1. The first-order valence-corrected chi connectivity index (χ1v) is 7.61. The van der Waals surface area contributed by atoms with Gasteiger partial charge < -0.3 is 10.6 Å². The van der Waals surface area contributed by atoms with Crippen LogP contribution in [0.15, 0.2) is 47.6 Å². The zero-order valence-electron chi connectivity index (χ0n) is 13.5. The highest BCUT2D eigenvalue weighted by atomic mass is 127. The summed E-state index contributed by atoms with van der Waals surface area (Å²) < 4.78 is 0. The molecule has 1 heterocycles. The van der Waals surface area contributed by atoms with E-state index < -0.39 is 0 Å². The van der Waals surface area contributed by atoms with Crippen LogP contribution in [0.3, 0.4) is 0 Å². The van der Waals surface area contributed by atoms with Gasteiger partial charge in [0.05, 0.1) is 18.3 Å². The normalized spacial score (nSPS) is 12.3. The molecule has 124 valence electrons. The molecule has 0 amide bonds. The van der Waals surface area contributed by atoms with Crippen molar-refractivity contribution in [1.82, 2.24) is 15.6 Å². The predicted molar refractivity (Wildman–Crippen MR) is 108 cm³/mol. The topological polar surface area (TPSA) is 49.3 Å². The molecule has 2 rings (SSSR count). The fourth-order valence-electron chi connectivity index (χ4n) is 2.11. The first-order chi connectivity index (χ1) is 10.6. The van der Waals surface area contributed by atoms with Gasteiger partial charge in [-0.3, -0.25) is 9.98 Å². The first-order valence-electron chi connectivity index (χ1n) is 7.23. The van der Waals surface area contributed by atoms with Crippen molar-refractivity contribution >= 4 is 41.5 Å². The lowest BCUT2D eigenvalue weighted by Crippen LogP contribution is -2.38. The van der Waals surface area contributed by atoms with Crippen LogP contribution in [0, 0.1) is 6.92 Å². The minimum atomic E-state index is 0. The smallest absolute Gasteiger partial charge is 0.191 e. The first kappa shape index (κ1) is 19.7. The molecule has 1 aromatic heterocycles. The Labute approximate surface area is 159 Å². The number of hydrogen-bond donors (Lipinski definition) is 2. The summed E-state index contributed by atoms with van der Waals surface area (Å²) in [4.78, 5) is 8.63. The molecule has 0 aliphatic heterocycles. The zero-order chi connectivity index (χ0) is 15.9. The van der Waals surface area contributed by atoms with Crippen LogP contribution in [0.1, 0.15) is 29.8 Å². The second-order valence-corrected chi connectivity index (χ2v) is 5.55. The molecule has 0 fully saturated rings. The lowest BCUT2D eigenvalue weighted by molar-refractivity contribution is 0.682. The van der Waals surface area contributed by atoms with Gasteiger partial charge in [-0.1, -0.05) is 29.8 Å². The van der Waals surface area contributed by atoms with Crippen LogP contribution in [-0.4, -0.2) is 18.0 Å². The van der Waals surface area contributed by atoms with Crippen LogP contribution in [0.25, 0.3) is 0 Å². The summed E-state index contributed by atoms with van der Waals surface area (Å²) in [5.74, 6) is 0.743. The number of benzene rings is 1.